The fourth-order valence-electron chi connectivity index (χ4n) is 1.45. The first-order valence-corrected chi connectivity index (χ1v) is 5.47. The van der Waals surface area contributed by atoms with E-state index in [9.17, 15) is 0 Å². The second kappa shape index (κ2) is 3.31. The summed E-state index contributed by atoms with van der Waals surface area (Å²) in [5.41, 5.74) is 5.85. The van der Waals surface area contributed by atoms with Gasteiger partial charge in [-0.15, -0.1) is 11.3 Å². The van der Waals surface area contributed by atoms with E-state index in [-0.39, 0.29) is 6.04 Å². The zero-order valence-corrected chi connectivity index (χ0v) is 8.86. The first-order chi connectivity index (χ1) is 6.22. The van der Waals surface area contributed by atoms with Gasteiger partial charge in [0.15, 0.2) is 0 Å². The number of hydrogen-bond acceptors (Lipinski definition) is 3. The van der Waals surface area contributed by atoms with Gasteiger partial charge in [0.2, 0.25) is 0 Å². The van der Waals surface area contributed by atoms with Gasteiger partial charge in [0, 0.05) is 10.9 Å². The van der Waals surface area contributed by atoms with Crippen LogP contribution in [0.3, 0.4) is 0 Å². The zero-order valence-electron chi connectivity index (χ0n) is 8.04. The lowest BCUT2D eigenvalue weighted by molar-refractivity contribution is 0.410. The molecule has 2 N–H and O–H groups in total. The molecule has 3 heteroatoms. The van der Waals surface area contributed by atoms with Crippen molar-refractivity contribution in [1.82, 2.24) is 0 Å². The van der Waals surface area contributed by atoms with Crippen LogP contribution in [0.2, 0.25) is 0 Å². The molecule has 0 aromatic carbocycles. The first kappa shape index (κ1) is 9.03. The molecule has 1 fully saturated rings. The van der Waals surface area contributed by atoms with Gasteiger partial charge in [0.05, 0.1) is 12.0 Å². The fourth-order valence-corrected chi connectivity index (χ4v) is 2.70. The highest BCUT2D eigenvalue weighted by Crippen LogP contribution is 2.47. The van der Waals surface area contributed by atoms with Gasteiger partial charge in [-0.1, -0.05) is 0 Å². The highest BCUT2D eigenvalue weighted by atomic mass is 32.1. The maximum atomic E-state index is 5.85. The van der Waals surface area contributed by atoms with Crippen molar-refractivity contribution in [1.29, 1.82) is 0 Å². The van der Waals surface area contributed by atoms with E-state index in [4.69, 9.17) is 10.5 Å². The summed E-state index contributed by atoms with van der Waals surface area (Å²) in [7, 11) is 1.71. The summed E-state index contributed by atoms with van der Waals surface area (Å²) in [6.07, 6.45) is 2.67. The Kier molecular flexibility index (Phi) is 2.30. The summed E-state index contributed by atoms with van der Waals surface area (Å²) in [5, 5.41) is 0. The molecule has 0 amide bonds. The van der Waals surface area contributed by atoms with E-state index in [1.165, 1.54) is 22.6 Å². The van der Waals surface area contributed by atoms with Crippen molar-refractivity contribution in [2.24, 2.45) is 5.73 Å². The van der Waals surface area contributed by atoms with Crippen LogP contribution in [0.5, 0.6) is 5.75 Å². The number of nitrogens with two attached hydrogens (primary N) is 1. The van der Waals surface area contributed by atoms with Crippen molar-refractivity contribution >= 4 is 11.3 Å². The average molecular weight is 197 g/mol. The summed E-state index contributed by atoms with van der Waals surface area (Å²) in [6, 6.07) is 2.24. The monoisotopic (exact) mass is 197 g/mol. The Morgan fingerprint density at radius 3 is 2.69 bits per heavy atom. The van der Waals surface area contributed by atoms with Crippen molar-refractivity contribution in [2.75, 3.05) is 7.11 Å². The maximum Gasteiger partial charge on any atom is 0.134 e. The lowest BCUT2D eigenvalue weighted by Crippen LogP contribution is -2.03. The molecule has 0 aliphatic heterocycles. The predicted molar refractivity (Wildman–Crippen MR) is 55.4 cm³/mol. The normalized spacial score (nSPS) is 18.7. The van der Waals surface area contributed by atoms with Crippen LogP contribution in [0.4, 0.5) is 0 Å². The van der Waals surface area contributed by atoms with Crippen LogP contribution in [0.15, 0.2) is 6.07 Å². The van der Waals surface area contributed by atoms with Gasteiger partial charge in [-0.3, -0.25) is 0 Å². The van der Waals surface area contributed by atoms with E-state index < -0.39 is 0 Å². The molecule has 13 heavy (non-hydrogen) atoms. The van der Waals surface area contributed by atoms with Crippen LogP contribution in [0, 0.1) is 0 Å². The van der Waals surface area contributed by atoms with E-state index >= 15 is 0 Å². The molecule has 1 aliphatic rings. The third kappa shape index (κ3) is 1.71. The van der Waals surface area contributed by atoms with E-state index in [1.54, 1.807) is 7.11 Å². The fraction of sp³-hybridized carbons (Fsp3) is 0.600. The van der Waals surface area contributed by atoms with Crippen LogP contribution in [0.25, 0.3) is 0 Å². The van der Waals surface area contributed by atoms with Gasteiger partial charge in [0.25, 0.3) is 0 Å². The number of thiophene rings is 1. The van der Waals surface area contributed by atoms with Gasteiger partial charge < -0.3 is 10.5 Å². The topological polar surface area (TPSA) is 35.2 Å². The van der Waals surface area contributed by atoms with Gasteiger partial charge >= 0.3 is 0 Å². The molecule has 0 saturated heterocycles. The Morgan fingerprint density at radius 2 is 2.31 bits per heavy atom. The van der Waals surface area contributed by atoms with E-state index in [0.717, 1.165) is 11.7 Å². The van der Waals surface area contributed by atoms with Gasteiger partial charge in [0.1, 0.15) is 5.75 Å². The van der Waals surface area contributed by atoms with E-state index in [1.807, 2.05) is 18.3 Å². The molecule has 1 atom stereocenters. The minimum Gasteiger partial charge on any atom is -0.496 e. The second-order valence-corrected chi connectivity index (χ2v) is 4.76. The summed E-state index contributed by atoms with van der Waals surface area (Å²) >= 11 is 1.81. The number of ether oxygens (including phenoxy) is 1. The Labute approximate surface area is 82.7 Å². The molecule has 1 aromatic rings. The predicted octanol–water partition coefficient (Wildman–Crippen LogP) is 2.65. The highest BCUT2D eigenvalue weighted by molar-refractivity contribution is 7.12. The molecule has 1 aromatic heterocycles. The quantitative estimate of drug-likeness (QED) is 0.808. The van der Waals surface area contributed by atoms with Crippen LogP contribution in [-0.4, -0.2) is 7.11 Å². The molecular weight excluding hydrogens is 182 g/mol. The van der Waals surface area contributed by atoms with Crippen molar-refractivity contribution in [2.45, 2.75) is 31.7 Å². The lowest BCUT2D eigenvalue weighted by atomic mass is 10.2. The van der Waals surface area contributed by atoms with Crippen LogP contribution in [-0.2, 0) is 0 Å². The lowest BCUT2D eigenvalue weighted by Gasteiger charge is -2.04. The molecule has 2 nitrogen and oxygen atoms in total. The second-order valence-electron chi connectivity index (χ2n) is 3.64. The van der Waals surface area contributed by atoms with E-state index in [2.05, 4.69) is 6.07 Å². The molecule has 1 aliphatic carbocycles. The van der Waals surface area contributed by atoms with Crippen LogP contribution in [0.1, 0.15) is 41.5 Å². The smallest absolute Gasteiger partial charge is 0.134 e. The minimum absolute atomic E-state index is 0.0902. The molecule has 1 saturated carbocycles. The Bertz CT molecular complexity index is 302. The molecule has 72 valence electrons. The number of hydrogen-bond donors (Lipinski definition) is 1. The zero-order chi connectivity index (χ0) is 9.42. The highest BCUT2D eigenvalue weighted by Gasteiger charge is 2.27. The summed E-state index contributed by atoms with van der Waals surface area (Å²) in [5.74, 6) is 1.77. The van der Waals surface area contributed by atoms with Crippen LogP contribution < -0.4 is 10.5 Å². The molecule has 1 heterocycles. The molecule has 1 unspecified atom stereocenters. The first-order valence-electron chi connectivity index (χ1n) is 4.65. The molecule has 0 radical (unpaired) electrons. The third-order valence-electron chi connectivity index (χ3n) is 2.36. The van der Waals surface area contributed by atoms with E-state index in [0.29, 0.717) is 0 Å². The van der Waals surface area contributed by atoms with Gasteiger partial charge in [-0.2, -0.15) is 0 Å². The third-order valence-corrected chi connectivity index (χ3v) is 3.84. The van der Waals surface area contributed by atoms with Crippen molar-refractivity contribution in [3.8, 4) is 5.75 Å². The maximum absolute atomic E-state index is 5.85. The largest absolute Gasteiger partial charge is 0.496 e. The summed E-state index contributed by atoms with van der Waals surface area (Å²) in [6.45, 7) is 2.00. The molecule has 2 rings (SSSR count). The standard InChI is InChI=1S/C10H15NOS/c1-6(11)10-8(12-2)5-9(13-10)7-3-4-7/h5-7H,3-4,11H2,1-2H3. The number of methoxy groups -OCH3 is 1. The Morgan fingerprint density at radius 1 is 1.62 bits per heavy atom. The van der Waals surface area contributed by atoms with Crippen molar-refractivity contribution in [3.05, 3.63) is 15.8 Å². The SMILES string of the molecule is COc1cc(C2CC2)sc1C(C)N. The van der Waals surface area contributed by atoms with Gasteiger partial charge in [-0.25, -0.2) is 0 Å². The molecule has 0 bridgehead atoms. The summed E-state index contributed by atoms with van der Waals surface area (Å²) < 4.78 is 5.30. The summed E-state index contributed by atoms with van der Waals surface area (Å²) in [4.78, 5) is 2.63. The van der Waals surface area contributed by atoms with Gasteiger partial charge in [-0.05, 0) is 31.7 Å². The average Bonchev–Trinajstić information content (AvgIpc) is 2.84. The van der Waals surface area contributed by atoms with Crippen molar-refractivity contribution < 1.29 is 4.74 Å². The van der Waals surface area contributed by atoms with Crippen molar-refractivity contribution in [3.63, 3.8) is 0 Å². The molecule has 0 spiro atoms. The Hall–Kier alpha value is -0.540. The number of rotatable bonds is 3. The molecular formula is C10H15NOS. The van der Waals surface area contributed by atoms with Crippen LogP contribution >= 0.6 is 11.3 Å². The minimum atomic E-state index is 0.0902. The Balaban J connectivity index is 2.30.